The number of aromatic nitrogens is 1. The maximum absolute atomic E-state index is 13.8. The Hall–Kier alpha value is -2.18. The van der Waals surface area contributed by atoms with Gasteiger partial charge in [0.15, 0.2) is 11.6 Å². The molecule has 2 aliphatic heterocycles. The number of carboxylic acids is 1. The van der Waals surface area contributed by atoms with Crippen LogP contribution in [0, 0.1) is 11.2 Å². The van der Waals surface area contributed by atoms with Gasteiger partial charge in [-0.05, 0) is 36.8 Å². The predicted octanol–water partition coefficient (Wildman–Crippen LogP) is 1.51. The van der Waals surface area contributed by atoms with Crippen LogP contribution in [0.4, 0.5) is 10.2 Å². The van der Waals surface area contributed by atoms with E-state index in [0.717, 1.165) is 12.8 Å². The molecule has 7 heteroatoms. The lowest BCUT2D eigenvalue weighted by molar-refractivity contribution is -0.147. The van der Waals surface area contributed by atoms with Crippen molar-refractivity contribution >= 4 is 17.7 Å². The summed E-state index contributed by atoms with van der Waals surface area (Å²) < 4.78 is 13.8. The molecule has 0 bridgehead atoms. The molecule has 1 spiro atoms. The Kier molecular flexibility index (Phi) is 3.95. The SMILES string of the molecule is CC(=O)N1CC2(CCN(c3ncccc3F)CC2)C[C@H]1C(=O)O. The molecular formula is C16H20FN3O3. The summed E-state index contributed by atoms with van der Waals surface area (Å²) in [5.74, 6) is -1.15. The number of rotatable bonds is 2. The molecule has 6 nitrogen and oxygen atoms in total. The zero-order valence-electron chi connectivity index (χ0n) is 13.0. The van der Waals surface area contributed by atoms with Crippen molar-refractivity contribution in [3.63, 3.8) is 0 Å². The summed E-state index contributed by atoms with van der Waals surface area (Å²) >= 11 is 0. The first-order valence-corrected chi connectivity index (χ1v) is 7.77. The molecule has 0 aliphatic carbocycles. The van der Waals surface area contributed by atoms with Crippen LogP contribution in [0.1, 0.15) is 26.2 Å². The van der Waals surface area contributed by atoms with Gasteiger partial charge in [-0.25, -0.2) is 14.2 Å². The molecule has 0 saturated carbocycles. The Morgan fingerprint density at radius 3 is 2.61 bits per heavy atom. The summed E-state index contributed by atoms with van der Waals surface area (Å²) in [6.45, 7) is 3.11. The van der Waals surface area contributed by atoms with Crippen LogP contribution >= 0.6 is 0 Å². The maximum atomic E-state index is 13.8. The Morgan fingerprint density at radius 1 is 1.39 bits per heavy atom. The Bertz CT molecular complexity index is 605. The molecule has 0 radical (unpaired) electrons. The van der Waals surface area contributed by atoms with Crippen LogP contribution in [0.2, 0.25) is 0 Å². The number of hydrogen-bond acceptors (Lipinski definition) is 4. The molecule has 1 aromatic rings. The largest absolute Gasteiger partial charge is 0.480 e. The summed E-state index contributed by atoms with van der Waals surface area (Å²) in [6.07, 6.45) is 3.50. The van der Waals surface area contributed by atoms with Gasteiger partial charge >= 0.3 is 5.97 Å². The van der Waals surface area contributed by atoms with Crippen molar-refractivity contribution in [1.82, 2.24) is 9.88 Å². The van der Waals surface area contributed by atoms with Crippen molar-refractivity contribution in [3.05, 3.63) is 24.1 Å². The number of nitrogens with zero attached hydrogens (tertiary/aromatic N) is 3. The van der Waals surface area contributed by atoms with Crippen LogP contribution < -0.4 is 4.90 Å². The summed E-state index contributed by atoms with van der Waals surface area (Å²) in [5.41, 5.74) is -0.184. The highest BCUT2D eigenvalue weighted by Gasteiger charge is 2.49. The zero-order valence-corrected chi connectivity index (χ0v) is 13.0. The standard InChI is InChI=1S/C16H20FN3O3/c1-11(21)20-10-16(9-13(20)15(22)23)4-7-19(8-5-16)14-12(17)3-2-6-18-14/h2-3,6,13H,4-5,7-10H2,1H3,(H,22,23)/t13-/m0/s1. The van der Waals surface area contributed by atoms with E-state index in [0.29, 0.717) is 31.9 Å². The number of aliphatic carboxylic acids is 1. The second-order valence-corrected chi connectivity index (χ2v) is 6.50. The van der Waals surface area contributed by atoms with Crippen molar-refractivity contribution in [1.29, 1.82) is 0 Å². The first-order valence-electron chi connectivity index (χ1n) is 7.77. The normalized spacial score (nSPS) is 23.3. The van der Waals surface area contributed by atoms with Crippen LogP contribution in [0.25, 0.3) is 0 Å². The molecule has 1 atom stereocenters. The number of pyridine rings is 1. The molecule has 3 rings (SSSR count). The van der Waals surface area contributed by atoms with Crippen molar-refractivity contribution in [2.75, 3.05) is 24.5 Å². The minimum atomic E-state index is -0.949. The molecule has 0 unspecified atom stereocenters. The number of carbonyl (C=O) groups is 2. The van der Waals surface area contributed by atoms with Gasteiger partial charge in [-0.15, -0.1) is 0 Å². The molecule has 1 aromatic heterocycles. The van der Waals surface area contributed by atoms with E-state index in [2.05, 4.69) is 4.98 Å². The quantitative estimate of drug-likeness (QED) is 0.894. The molecule has 2 saturated heterocycles. The molecule has 1 N–H and O–H groups in total. The predicted molar refractivity (Wildman–Crippen MR) is 81.5 cm³/mol. The summed E-state index contributed by atoms with van der Waals surface area (Å²) in [4.78, 5) is 30.6. The van der Waals surface area contributed by atoms with Gasteiger partial charge in [0.1, 0.15) is 6.04 Å². The summed E-state index contributed by atoms with van der Waals surface area (Å²) in [7, 11) is 0. The topological polar surface area (TPSA) is 73.7 Å². The molecule has 3 heterocycles. The van der Waals surface area contributed by atoms with Gasteiger partial charge in [0.05, 0.1) is 0 Å². The van der Waals surface area contributed by atoms with E-state index in [-0.39, 0.29) is 17.1 Å². The highest BCUT2D eigenvalue weighted by atomic mass is 19.1. The fraction of sp³-hybridized carbons (Fsp3) is 0.562. The molecule has 124 valence electrons. The minimum Gasteiger partial charge on any atom is -0.480 e. The first kappa shape index (κ1) is 15.7. The Morgan fingerprint density at radius 2 is 2.09 bits per heavy atom. The van der Waals surface area contributed by atoms with Crippen molar-refractivity contribution in [2.24, 2.45) is 5.41 Å². The van der Waals surface area contributed by atoms with Crippen molar-refractivity contribution in [2.45, 2.75) is 32.2 Å². The van der Waals surface area contributed by atoms with Gasteiger partial charge in [0.2, 0.25) is 5.91 Å². The number of carbonyl (C=O) groups excluding carboxylic acids is 1. The number of hydrogen-bond donors (Lipinski definition) is 1. The first-order chi connectivity index (χ1) is 10.9. The van der Waals surface area contributed by atoms with Crippen LogP contribution in [0.5, 0.6) is 0 Å². The van der Waals surface area contributed by atoms with E-state index in [9.17, 15) is 19.1 Å². The maximum Gasteiger partial charge on any atom is 0.326 e. The third-order valence-electron chi connectivity index (χ3n) is 5.06. The highest BCUT2D eigenvalue weighted by Crippen LogP contribution is 2.44. The summed E-state index contributed by atoms with van der Waals surface area (Å²) in [5, 5.41) is 9.35. The number of piperidine rings is 1. The van der Waals surface area contributed by atoms with Crippen LogP contribution in [-0.2, 0) is 9.59 Å². The number of anilines is 1. The van der Waals surface area contributed by atoms with E-state index in [1.807, 2.05) is 4.90 Å². The Labute approximate surface area is 133 Å². The van der Waals surface area contributed by atoms with E-state index in [1.54, 1.807) is 12.3 Å². The van der Waals surface area contributed by atoms with Crippen LogP contribution in [-0.4, -0.2) is 52.5 Å². The van der Waals surface area contributed by atoms with Crippen LogP contribution in [0.15, 0.2) is 18.3 Å². The van der Waals surface area contributed by atoms with Crippen molar-refractivity contribution in [3.8, 4) is 0 Å². The smallest absolute Gasteiger partial charge is 0.326 e. The number of halogens is 1. The molecule has 2 fully saturated rings. The van der Waals surface area contributed by atoms with Crippen molar-refractivity contribution < 1.29 is 19.1 Å². The van der Waals surface area contributed by atoms with E-state index >= 15 is 0 Å². The van der Waals surface area contributed by atoms with Gasteiger partial charge in [0, 0.05) is 32.8 Å². The lowest BCUT2D eigenvalue weighted by atomic mass is 9.76. The lowest BCUT2D eigenvalue weighted by Crippen LogP contribution is -2.43. The highest BCUT2D eigenvalue weighted by molar-refractivity contribution is 5.83. The number of amides is 1. The van der Waals surface area contributed by atoms with Gasteiger partial charge in [-0.1, -0.05) is 0 Å². The summed E-state index contributed by atoms with van der Waals surface area (Å²) in [6, 6.07) is 2.20. The van der Waals surface area contributed by atoms with E-state index in [4.69, 9.17) is 0 Å². The Balaban J connectivity index is 1.72. The minimum absolute atomic E-state index is 0.184. The molecule has 23 heavy (non-hydrogen) atoms. The van der Waals surface area contributed by atoms with E-state index in [1.165, 1.54) is 17.9 Å². The average molecular weight is 321 g/mol. The van der Waals surface area contributed by atoms with Gasteiger partial charge in [-0.2, -0.15) is 0 Å². The van der Waals surface area contributed by atoms with Gasteiger partial charge in [0.25, 0.3) is 0 Å². The number of likely N-dealkylation sites (tertiary alicyclic amines) is 1. The van der Waals surface area contributed by atoms with Crippen LogP contribution in [0.3, 0.4) is 0 Å². The fourth-order valence-electron chi connectivity index (χ4n) is 3.77. The number of carboxylic acid groups (broad SMARTS) is 1. The third-order valence-corrected chi connectivity index (χ3v) is 5.06. The molecular weight excluding hydrogens is 301 g/mol. The third kappa shape index (κ3) is 2.87. The monoisotopic (exact) mass is 321 g/mol. The molecule has 2 aliphatic rings. The fourth-order valence-corrected chi connectivity index (χ4v) is 3.77. The van der Waals surface area contributed by atoms with Gasteiger partial charge in [-0.3, -0.25) is 4.79 Å². The average Bonchev–Trinajstić information content (AvgIpc) is 2.89. The van der Waals surface area contributed by atoms with E-state index < -0.39 is 12.0 Å². The molecule has 1 amide bonds. The molecule has 0 aromatic carbocycles. The lowest BCUT2D eigenvalue weighted by Gasteiger charge is -2.39. The zero-order chi connectivity index (χ0) is 16.6. The van der Waals surface area contributed by atoms with Gasteiger partial charge < -0.3 is 14.9 Å². The second-order valence-electron chi connectivity index (χ2n) is 6.50. The second kappa shape index (κ2) is 5.79.